The third-order valence-corrected chi connectivity index (χ3v) is 2.16. The number of hydrogen-bond donors (Lipinski definition) is 3. The molecule has 1 aliphatic rings. The molecule has 1 atom stereocenters. The zero-order valence-electron chi connectivity index (χ0n) is 8.35. The maximum Gasteiger partial charge on any atom is 0.245 e. The van der Waals surface area contributed by atoms with Crippen molar-refractivity contribution in [2.24, 2.45) is 0 Å². The average molecular weight is 201 g/mol. The number of rotatable bonds is 3. The van der Waals surface area contributed by atoms with Gasteiger partial charge in [0.05, 0.1) is 13.5 Å². The van der Waals surface area contributed by atoms with Gasteiger partial charge in [0.2, 0.25) is 11.8 Å². The molecule has 2 amide bonds. The molecular formula is C8H15N3O3. The monoisotopic (exact) mass is 201 g/mol. The van der Waals surface area contributed by atoms with Crippen LogP contribution in [0.4, 0.5) is 0 Å². The third kappa shape index (κ3) is 2.43. The number of carbonyl (C=O) groups is 2. The lowest BCUT2D eigenvalue weighted by Gasteiger charge is -2.33. The van der Waals surface area contributed by atoms with E-state index in [9.17, 15) is 9.59 Å². The maximum absolute atomic E-state index is 11.5. The first-order chi connectivity index (χ1) is 6.58. The van der Waals surface area contributed by atoms with Crippen LogP contribution in [0.1, 0.15) is 13.3 Å². The van der Waals surface area contributed by atoms with Crippen LogP contribution < -0.4 is 16.1 Å². The highest BCUT2D eigenvalue weighted by Crippen LogP contribution is 2.11. The Morgan fingerprint density at radius 2 is 2.36 bits per heavy atom. The van der Waals surface area contributed by atoms with Gasteiger partial charge < -0.3 is 10.6 Å². The molecule has 0 spiro atoms. The lowest BCUT2D eigenvalue weighted by atomic mass is 9.94. The quantitative estimate of drug-likeness (QED) is 0.487. The van der Waals surface area contributed by atoms with E-state index >= 15 is 0 Å². The van der Waals surface area contributed by atoms with Gasteiger partial charge in [0, 0.05) is 13.1 Å². The summed E-state index contributed by atoms with van der Waals surface area (Å²) < 4.78 is 0. The normalized spacial score (nSPS) is 26.9. The second kappa shape index (κ2) is 4.39. The Balaban J connectivity index is 2.55. The SMILES string of the molecule is CONC(=O)CC1(C)NCCNC1=O. The Labute approximate surface area is 82.3 Å². The van der Waals surface area contributed by atoms with Gasteiger partial charge in [-0.15, -0.1) is 0 Å². The van der Waals surface area contributed by atoms with E-state index < -0.39 is 5.54 Å². The van der Waals surface area contributed by atoms with Crippen molar-refractivity contribution >= 4 is 11.8 Å². The number of hydroxylamine groups is 1. The second-order valence-corrected chi connectivity index (χ2v) is 3.42. The molecule has 1 saturated heterocycles. The molecule has 0 bridgehead atoms. The molecule has 0 aromatic rings. The lowest BCUT2D eigenvalue weighted by molar-refractivity contribution is -0.138. The molecule has 0 aromatic heterocycles. The van der Waals surface area contributed by atoms with Gasteiger partial charge in [0.15, 0.2) is 0 Å². The lowest BCUT2D eigenvalue weighted by Crippen LogP contribution is -2.62. The summed E-state index contributed by atoms with van der Waals surface area (Å²) in [7, 11) is 1.36. The van der Waals surface area contributed by atoms with E-state index in [-0.39, 0.29) is 18.2 Å². The van der Waals surface area contributed by atoms with Crippen LogP contribution in [-0.2, 0) is 14.4 Å². The van der Waals surface area contributed by atoms with Gasteiger partial charge in [-0.05, 0) is 6.92 Å². The van der Waals surface area contributed by atoms with Gasteiger partial charge in [0.1, 0.15) is 5.54 Å². The molecule has 1 aliphatic heterocycles. The molecule has 1 heterocycles. The summed E-state index contributed by atoms with van der Waals surface area (Å²) in [6.45, 7) is 2.96. The minimum atomic E-state index is -0.832. The third-order valence-electron chi connectivity index (χ3n) is 2.16. The largest absolute Gasteiger partial charge is 0.353 e. The molecule has 1 fully saturated rings. The van der Waals surface area contributed by atoms with Gasteiger partial charge in [-0.2, -0.15) is 0 Å². The van der Waals surface area contributed by atoms with E-state index in [4.69, 9.17) is 0 Å². The molecule has 6 nitrogen and oxygen atoms in total. The van der Waals surface area contributed by atoms with Gasteiger partial charge >= 0.3 is 0 Å². The van der Waals surface area contributed by atoms with Crippen LogP contribution in [0.15, 0.2) is 0 Å². The summed E-state index contributed by atoms with van der Waals surface area (Å²) in [4.78, 5) is 27.1. The number of hydrogen-bond acceptors (Lipinski definition) is 4. The molecule has 1 rings (SSSR count). The molecule has 80 valence electrons. The van der Waals surface area contributed by atoms with Crippen molar-refractivity contribution in [1.29, 1.82) is 0 Å². The van der Waals surface area contributed by atoms with Crippen LogP contribution in [0.5, 0.6) is 0 Å². The summed E-state index contributed by atoms with van der Waals surface area (Å²) >= 11 is 0. The molecular weight excluding hydrogens is 186 g/mol. The average Bonchev–Trinajstić information content (AvgIpc) is 2.10. The smallest absolute Gasteiger partial charge is 0.245 e. The topological polar surface area (TPSA) is 79.5 Å². The van der Waals surface area contributed by atoms with Crippen LogP contribution in [0, 0.1) is 0 Å². The van der Waals surface area contributed by atoms with Crippen LogP contribution >= 0.6 is 0 Å². The van der Waals surface area contributed by atoms with E-state index in [1.165, 1.54) is 7.11 Å². The van der Waals surface area contributed by atoms with Crippen LogP contribution in [0.25, 0.3) is 0 Å². The van der Waals surface area contributed by atoms with E-state index in [1.54, 1.807) is 6.92 Å². The van der Waals surface area contributed by atoms with Crippen molar-refractivity contribution in [3.8, 4) is 0 Å². The summed E-state index contributed by atoms with van der Waals surface area (Å²) in [6, 6.07) is 0. The van der Waals surface area contributed by atoms with Crippen molar-refractivity contribution in [3.63, 3.8) is 0 Å². The summed E-state index contributed by atoms with van der Waals surface area (Å²) in [5.74, 6) is -0.477. The standard InChI is InChI=1S/C8H15N3O3/c1-8(5-6(12)11-14-2)7(13)9-3-4-10-8/h10H,3-5H2,1-2H3,(H,9,13)(H,11,12). The Hall–Kier alpha value is -1.14. The fourth-order valence-corrected chi connectivity index (χ4v) is 1.40. The van der Waals surface area contributed by atoms with Crippen molar-refractivity contribution in [1.82, 2.24) is 16.1 Å². The molecule has 0 aromatic carbocycles. The maximum atomic E-state index is 11.5. The van der Waals surface area contributed by atoms with Gasteiger partial charge in [-0.1, -0.05) is 0 Å². The fourth-order valence-electron chi connectivity index (χ4n) is 1.40. The van der Waals surface area contributed by atoms with E-state index in [1.807, 2.05) is 0 Å². The molecule has 14 heavy (non-hydrogen) atoms. The molecule has 6 heteroatoms. The first-order valence-electron chi connectivity index (χ1n) is 4.43. The van der Waals surface area contributed by atoms with Crippen LogP contribution in [0.2, 0.25) is 0 Å². The van der Waals surface area contributed by atoms with Gasteiger partial charge in [-0.25, -0.2) is 5.48 Å². The predicted octanol–water partition coefficient (Wildman–Crippen LogP) is -1.47. The summed E-state index contributed by atoms with van der Waals surface area (Å²) in [5.41, 5.74) is 1.35. The minimum absolute atomic E-state index is 0.0622. The summed E-state index contributed by atoms with van der Waals surface area (Å²) in [5, 5.41) is 5.70. The summed E-state index contributed by atoms with van der Waals surface area (Å²) in [6.07, 6.45) is 0.0622. The van der Waals surface area contributed by atoms with E-state index in [0.717, 1.165) is 0 Å². The highest BCUT2D eigenvalue weighted by molar-refractivity contribution is 5.92. The number of piperazine rings is 1. The second-order valence-electron chi connectivity index (χ2n) is 3.42. The Bertz CT molecular complexity index is 244. The van der Waals surface area contributed by atoms with Crippen LogP contribution in [-0.4, -0.2) is 37.6 Å². The molecule has 3 N–H and O–H groups in total. The Morgan fingerprint density at radius 3 is 2.93 bits per heavy atom. The van der Waals surface area contributed by atoms with Crippen molar-refractivity contribution in [3.05, 3.63) is 0 Å². The van der Waals surface area contributed by atoms with Crippen LogP contribution in [0.3, 0.4) is 0 Å². The highest BCUT2D eigenvalue weighted by atomic mass is 16.6. The Kier molecular flexibility index (Phi) is 3.43. The van der Waals surface area contributed by atoms with E-state index in [0.29, 0.717) is 13.1 Å². The number of amides is 2. The Morgan fingerprint density at radius 1 is 1.64 bits per heavy atom. The fraction of sp³-hybridized carbons (Fsp3) is 0.750. The van der Waals surface area contributed by atoms with Gasteiger partial charge in [0.25, 0.3) is 0 Å². The molecule has 1 unspecified atom stereocenters. The van der Waals surface area contributed by atoms with Crippen molar-refractivity contribution < 1.29 is 14.4 Å². The minimum Gasteiger partial charge on any atom is -0.353 e. The molecule has 0 aliphatic carbocycles. The van der Waals surface area contributed by atoms with E-state index in [2.05, 4.69) is 21.0 Å². The highest BCUT2D eigenvalue weighted by Gasteiger charge is 2.37. The van der Waals surface area contributed by atoms with Crippen molar-refractivity contribution in [2.75, 3.05) is 20.2 Å². The van der Waals surface area contributed by atoms with Gasteiger partial charge in [-0.3, -0.25) is 14.4 Å². The number of nitrogens with one attached hydrogen (secondary N) is 3. The zero-order valence-corrected chi connectivity index (χ0v) is 8.35. The molecule has 0 radical (unpaired) electrons. The van der Waals surface area contributed by atoms with Crippen molar-refractivity contribution in [2.45, 2.75) is 18.9 Å². The first kappa shape index (κ1) is 10.9. The zero-order chi connectivity index (χ0) is 10.6. The number of carbonyl (C=O) groups excluding carboxylic acids is 2. The molecule has 0 saturated carbocycles. The first-order valence-corrected chi connectivity index (χ1v) is 4.43. The predicted molar refractivity (Wildman–Crippen MR) is 49.2 cm³/mol.